The maximum absolute atomic E-state index is 13.6. The molecule has 3 aromatic carbocycles. The van der Waals surface area contributed by atoms with Gasteiger partial charge < -0.3 is 34.7 Å². The summed E-state index contributed by atoms with van der Waals surface area (Å²) in [6.07, 6.45) is 1.71. The summed E-state index contributed by atoms with van der Waals surface area (Å²) in [6, 6.07) is 13.7. The molecule has 236 valence electrons. The molecular weight excluding hydrogens is 574 g/mol. The fourth-order valence-electron chi connectivity index (χ4n) is 6.00. The Morgan fingerprint density at radius 1 is 1.04 bits per heavy atom. The Balaban J connectivity index is 1.43. The first-order valence-corrected chi connectivity index (χ1v) is 14.9. The molecule has 0 aliphatic heterocycles. The van der Waals surface area contributed by atoms with Crippen molar-refractivity contribution in [3.05, 3.63) is 75.7 Å². The minimum atomic E-state index is -0.697. The van der Waals surface area contributed by atoms with Crippen molar-refractivity contribution < 1.29 is 23.8 Å². The van der Waals surface area contributed by atoms with E-state index in [1.54, 1.807) is 27.2 Å². The van der Waals surface area contributed by atoms with Crippen LogP contribution in [0, 0.1) is 0 Å². The van der Waals surface area contributed by atoms with Crippen LogP contribution < -0.4 is 35.6 Å². The van der Waals surface area contributed by atoms with Gasteiger partial charge in [-0.05, 0) is 66.8 Å². The highest BCUT2D eigenvalue weighted by atomic mass is 16.5. The average Bonchev–Trinajstić information content (AvgIpc) is 3.16. The molecule has 45 heavy (non-hydrogen) atoms. The second-order valence-electron chi connectivity index (χ2n) is 11.1. The van der Waals surface area contributed by atoms with Gasteiger partial charge in [0.15, 0.2) is 11.5 Å². The largest absolute Gasteiger partial charge is 0.493 e. The number of nitrogens with zero attached hydrogens (tertiary/aromatic N) is 2. The number of anilines is 1. The number of nitrogens with one attached hydrogen (secondary N) is 3. The number of ether oxygens (including phenoxy) is 3. The number of hydrogen-bond acceptors (Lipinski definition) is 8. The summed E-state index contributed by atoms with van der Waals surface area (Å²) in [4.78, 5) is 43.5. The Morgan fingerprint density at radius 2 is 1.80 bits per heavy atom. The molecule has 3 N–H and O–H groups in total. The molecule has 0 fully saturated rings. The molecule has 11 nitrogen and oxygen atoms in total. The third-order valence-electron chi connectivity index (χ3n) is 8.21. The first-order chi connectivity index (χ1) is 21.7. The zero-order chi connectivity index (χ0) is 32.2. The number of fused-ring (bicyclic) bond motifs is 4. The minimum absolute atomic E-state index is 0.208. The molecule has 0 saturated heterocycles. The average molecular weight is 614 g/mol. The van der Waals surface area contributed by atoms with E-state index in [1.165, 1.54) is 20.1 Å². The summed E-state index contributed by atoms with van der Waals surface area (Å²) in [5, 5.41) is 9.04. The number of benzene rings is 2. The SMILES string of the molecule is COc1cc2c(c(OC)c1OC)-c1ccc(N[C@H](C)C(=O)NCCc3nc4ccccc4n3C)c(=O)cc1[C@H](NC(C)=O)CC2. The predicted octanol–water partition coefficient (Wildman–Crippen LogP) is 3.91. The monoisotopic (exact) mass is 613 g/mol. The van der Waals surface area contributed by atoms with Crippen LogP contribution in [0.25, 0.3) is 22.2 Å². The van der Waals surface area contributed by atoms with Crippen LogP contribution in [0.15, 0.2) is 53.3 Å². The molecule has 11 heteroatoms. The van der Waals surface area contributed by atoms with Crippen LogP contribution in [0.3, 0.4) is 0 Å². The molecule has 0 bridgehead atoms. The highest BCUT2D eigenvalue weighted by Crippen LogP contribution is 2.50. The molecule has 0 radical (unpaired) electrons. The summed E-state index contributed by atoms with van der Waals surface area (Å²) in [6.45, 7) is 3.55. The van der Waals surface area contributed by atoms with E-state index in [-0.39, 0.29) is 22.9 Å². The van der Waals surface area contributed by atoms with Gasteiger partial charge in [0.1, 0.15) is 11.9 Å². The van der Waals surface area contributed by atoms with E-state index in [4.69, 9.17) is 14.2 Å². The topological polar surface area (TPSA) is 133 Å². The lowest BCUT2D eigenvalue weighted by atomic mass is 9.95. The lowest BCUT2D eigenvalue weighted by Gasteiger charge is -2.19. The number of carbonyl (C=O) groups is 2. The Bertz CT molecular complexity index is 1820. The van der Waals surface area contributed by atoms with Crippen molar-refractivity contribution in [2.45, 2.75) is 45.2 Å². The summed E-state index contributed by atoms with van der Waals surface area (Å²) >= 11 is 0. The molecule has 0 saturated carbocycles. The first kappa shape index (κ1) is 31.4. The van der Waals surface area contributed by atoms with Gasteiger partial charge in [0.25, 0.3) is 0 Å². The molecule has 0 spiro atoms. The number of aromatic nitrogens is 2. The molecule has 0 unspecified atom stereocenters. The van der Waals surface area contributed by atoms with Gasteiger partial charge in [-0.15, -0.1) is 0 Å². The van der Waals surface area contributed by atoms with Crippen molar-refractivity contribution in [3.63, 3.8) is 0 Å². The zero-order valence-electron chi connectivity index (χ0n) is 26.4. The molecular formula is C34H39N5O6. The number of imidazole rings is 1. The second kappa shape index (κ2) is 13.3. The number of para-hydroxylation sites is 2. The normalized spacial score (nSPS) is 14.4. The van der Waals surface area contributed by atoms with Crippen LogP contribution >= 0.6 is 0 Å². The molecule has 1 aromatic heterocycles. The van der Waals surface area contributed by atoms with Crippen molar-refractivity contribution >= 4 is 28.5 Å². The summed E-state index contributed by atoms with van der Waals surface area (Å²) in [7, 11) is 6.62. The van der Waals surface area contributed by atoms with E-state index in [2.05, 4.69) is 20.9 Å². The van der Waals surface area contributed by atoms with Crippen LogP contribution in [0.4, 0.5) is 5.69 Å². The van der Waals surface area contributed by atoms with Gasteiger partial charge in [-0.25, -0.2) is 4.98 Å². The fraction of sp³-hybridized carbons (Fsp3) is 0.353. The standard InChI is InChI=1S/C34H39N5O6/c1-19(34(42)35-16-15-30-38-25-9-7-8-10-27(25)39(30)3)36-26-14-12-22-23(18-28(26)41)24(37-20(2)40)13-11-21-17-29(43-4)32(44-5)33(45-6)31(21)22/h7-10,12,14,17-19,24H,11,13,15-16H2,1-6H3,(H,35,42)(H,36,41)(H,37,40)/t19-,24-/m1/s1. The Labute approximate surface area is 261 Å². The Morgan fingerprint density at radius 3 is 2.49 bits per heavy atom. The van der Waals surface area contributed by atoms with Gasteiger partial charge in [0, 0.05) is 32.5 Å². The van der Waals surface area contributed by atoms with Gasteiger partial charge in [-0.3, -0.25) is 14.4 Å². The van der Waals surface area contributed by atoms with Crippen molar-refractivity contribution in [1.29, 1.82) is 0 Å². The Kier molecular flexibility index (Phi) is 9.26. The van der Waals surface area contributed by atoms with E-state index in [1.807, 2.05) is 48.0 Å². The van der Waals surface area contributed by atoms with Crippen LogP contribution in [-0.2, 0) is 29.5 Å². The molecule has 1 heterocycles. The third-order valence-corrected chi connectivity index (χ3v) is 8.21. The van der Waals surface area contributed by atoms with Crippen molar-refractivity contribution in [1.82, 2.24) is 20.2 Å². The van der Waals surface area contributed by atoms with Gasteiger partial charge in [0.05, 0.1) is 44.1 Å². The van der Waals surface area contributed by atoms with E-state index in [9.17, 15) is 14.4 Å². The maximum atomic E-state index is 13.6. The van der Waals surface area contributed by atoms with Crippen LogP contribution in [0.1, 0.15) is 43.3 Å². The molecule has 1 aliphatic carbocycles. The predicted molar refractivity (Wildman–Crippen MR) is 173 cm³/mol. The van der Waals surface area contributed by atoms with E-state index >= 15 is 0 Å². The zero-order valence-corrected chi connectivity index (χ0v) is 26.4. The van der Waals surface area contributed by atoms with E-state index in [0.29, 0.717) is 54.2 Å². The number of methoxy groups -OCH3 is 3. The summed E-state index contributed by atoms with van der Waals surface area (Å²) in [5.74, 6) is 1.84. The van der Waals surface area contributed by atoms with Crippen LogP contribution in [-0.4, -0.2) is 55.3 Å². The molecule has 2 amide bonds. The smallest absolute Gasteiger partial charge is 0.242 e. The van der Waals surface area contributed by atoms with Crippen molar-refractivity contribution in [3.8, 4) is 28.4 Å². The van der Waals surface area contributed by atoms with Crippen molar-refractivity contribution in [2.24, 2.45) is 7.05 Å². The lowest BCUT2D eigenvalue weighted by Crippen LogP contribution is -2.39. The lowest BCUT2D eigenvalue weighted by molar-refractivity contribution is -0.121. The fourth-order valence-corrected chi connectivity index (χ4v) is 6.00. The number of amides is 2. The highest BCUT2D eigenvalue weighted by Gasteiger charge is 2.29. The minimum Gasteiger partial charge on any atom is -0.493 e. The van der Waals surface area contributed by atoms with E-state index in [0.717, 1.165) is 28.0 Å². The number of hydrogen-bond donors (Lipinski definition) is 3. The summed E-state index contributed by atoms with van der Waals surface area (Å²) < 4.78 is 19.1. The molecule has 2 atom stereocenters. The van der Waals surface area contributed by atoms with Crippen LogP contribution in [0.5, 0.6) is 17.2 Å². The van der Waals surface area contributed by atoms with Crippen molar-refractivity contribution in [2.75, 3.05) is 33.2 Å². The first-order valence-electron chi connectivity index (χ1n) is 14.9. The van der Waals surface area contributed by atoms with Gasteiger partial charge >= 0.3 is 0 Å². The number of carbonyl (C=O) groups excluding carboxylic acids is 2. The number of aryl methyl sites for hydroxylation is 2. The quantitative estimate of drug-likeness (QED) is 0.245. The van der Waals surface area contributed by atoms with Gasteiger partial charge in [-0.1, -0.05) is 18.2 Å². The maximum Gasteiger partial charge on any atom is 0.242 e. The molecule has 4 aromatic rings. The third kappa shape index (κ3) is 6.29. The summed E-state index contributed by atoms with van der Waals surface area (Å²) in [5.41, 5.74) is 4.93. The van der Waals surface area contributed by atoms with E-state index < -0.39 is 12.1 Å². The van der Waals surface area contributed by atoms with Gasteiger partial charge in [-0.2, -0.15) is 0 Å². The molecule has 5 rings (SSSR count). The highest BCUT2D eigenvalue weighted by molar-refractivity contribution is 5.86. The van der Waals surface area contributed by atoms with Crippen LogP contribution in [0.2, 0.25) is 0 Å². The number of rotatable bonds is 10. The Hall–Kier alpha value is -5.06. The molecule has 1 aliphatic rings. The second-order valence-corrected chi connectivity index (χ2v) is 11.1. The van der Waals surface area contributed by atoms with Gasteiger partial charge in [0.2, 0.25) is 23.0 Å².